The minimum Gasteiger partial charge on any atom is -0.379 e. The number of hydrogen-bond donors (Lipinski definition) is 2. The van der Waals surface area contributed by atoms with E-state index in [1.54, 1.807) is 31.2 Å². The molecule has 0 unspecified atom stereocenters. The predicted molar refractivity (Wildman–Crippen MR) is 118 cm³/mol. The van der Waals surface area contributed by atoms with Gasteiger partial charge in [0.15, 0.2) is 0 Å². The van der Waals surface area contributed by atoms with E-state index in [2.05, 4.69) is 10.0 Å². The average molecular weight is 468 g/mol. The van der Waals surface area contributed by atoms with Gasteiger partial charge in [0, 0.05) is 30.0 Å². The Balaban J connectivity index is 1.64. The number of carbonyl (C=O) groups is 1. The number of nitrogens with zero attached hydrogens (tertiary/aromatic N) is 1. The maximum absolute atomic E-state index is 12.7. The molecule has 3 rings (SSSR count). The molecule has 0 radical (unpaired) electrons. The van der Waals surface area contributed by atoms with Crippen LogP contribution in [0.25, 0.3) is 0 Å². The molecule has 168 valence electrons. The molecule has 1 aliphatic heterocycles. The molecule has 1 aliphatic rings. The Hall–Kier alpha value is -2.47. The number of sulfonamides is 2. The molecule has 0 spiro atoms. The lowest BCUT2D eigenvalue weighted by molar-refractivity contribution is 0.0730. The monoisotopic (exact) mass is 467 g/mol. The number of benzene rings is 2. The number of amides is 1. The second-order valence-electron chi connectivity index (χ2n) is 6.99. The Bertz CT molecular complexity index is 1110. The van der Waals surface area contributed by atoms with Gasteiger partial charge < -0.3 is 10.1 Å². The highest BCUT2D eigenvalue weighted by Crippen LogP contribution is 2.19. The fraction of sp³-hybridized carbons (Fsp3) is 0.350. The van der Waals surface area contributed by atoms with Gasteiger partial charge in [-0.25, -0.2) is 16.8 Å². The zero-order chi connectivity index (χ0) is 22.5. The van der Waals surface area contributed by atoms with Gasteiger partial charge in [-0.2, -0.15) is 4.31 Å². The van der Waals surface area contributed by atoms with Crippen LogP contribution >= 0.6 is 0 Å². The summed E-state index contributed by atoms with van der Waals surface area (Å²) in [6.45, 7) is 3.10. The van der Waals surface area contributed by atoms with Crippen molar-refractivity contribution in [2.24, 2.45) is 0 Å². The number of morpholine rings is 1. The first-order chi connectivity index (χ1) is 14.7. The molecular formula is C20H25N3O6S2. The molecule has 31 heavy (non-hydrogen) atoms. The highest BCUT2D eigenvalue weighted by atomic mass is 32.2. The first-order valence-corrected chi connectivity index (χ1v) is 12.9. The molecule has 0 bridgehead atoms. The Kier molecular flexibility index (Phi) is 7.31. The van der Waals surface area contributed by atoms with E-state index in [9.17, 15) is 21.6 Å². The van der Waals surface area contributed by atoms with E-state index in [4.69, 9.17) is 4.74 Å². The van der Waals surface area contributed by atoms with Crippen molar-refractivity contribution in [3.05, 3.63) is 54.1 Å². The molecule has 1 fully saturated rings. The second kappa shape index (κ2) is 9.77. The Morgan fingerprint density at radius 1 is 0.935 bits per heavy atom. The van der Waals surface area contributed by atoms with Crippen LogP contribution < -0.4 is 10.0 Å². The molecule has 2 N–H and O–H groups in total. The van der Waals surface area contributed by atoms with Crippen LogP contribution in [0.4, 0.5) is 11.4 Å². The van der Waals surface area contributed by atoms with Crippen molar-refractivity contribution in [2.45, 2.75) is 18.2 Å². The van der Waals surface area contributed by atoms with E-state index in [1.165, 1.54) is 28.6 Å². The molecule has 2 aromatic rings. The van der Waals surface area contributed by atoms with Crippen LogP contribution in [0.3, 0.4) is 0 Å². The minimum atomic E-state index is -3.62. The average Bonchev–Trinajstić information content (AvgIpc) is 2.75. The van der Waals surface area contributed by atoms with Gasteiger partial charge in [0.05, 0.1) is 23.9 Å². The normalized spacial score (nSPS) is 15.4. The molecular weight excluding hydrogens is 442 g/mol. The highest BCUT2D eigenvalue weighted by Gasteiger charge is 2.26. The van der Waals surface area contributed by atoms with Crippen LogP contribution in [0.2, 0.25) is 0 Å². The standard InChI is InChI=1S/C20H25N3O6S2/c1-2-15-30(25,26)22-18-7-5-17(6-8-18)21-20(24)16-3-9-19(10-4-16)31(27,28)23-11-13-29-14-12-23/h3-10,22H,2,11-15H2,1H3,(H,21,24). The van der Waals surface area contributed by atoms with Crippen LogP contribution in [0.5, 0.6) is 0 Å². The lowest BCUT2D eigenvalue weighted by Crippen LogP contribution is -2.40. The summed E-state index contributed by atoms with van der Waals surface area (Å²) in [5, 5.41) is 2.70. The van der Waals surface area contributed by atoms with Crippen molar-refractivity contribution in [1.29, 1.82) is 0 Å². The van der Waals surface area contributed by atoms with Crippen LogP contribution in [-0.2, 0) is 24.8 Å². The molecule has 0 atom stereocenters. The van der Waals surface area contributed by atoms with Gasteiger partial charge in [-0.15, -0.1) is 0 Å². The van der Waals surface area contributed by atoms with Gasteiger partial charge in [-0.05, 0) is 55.0 Å². The van der Waals surface area contributed by atoms with Crippen LogP contribution in [-0.4, -0.2) is 59.1 Å². The van der Waals surface area contributed by atoms with Gasteiger partial charge in [0.2, 0.25) is 20.0 Å². The van der Waals surface area contributed by atoms with Gasteiger partial charge in [-0.3, -0.25) is 9.52 Å². The molecule has 2 aromatic carbocycles. The Labute approximate surface area is 182 Å². The van der Waals surface area contributed by atoms with E-state index in [-0.39, 0.29) is 10.6 Å². The zero-order valence-electron chi connectivity index (χ0n) is 17.1. The number of rotatable bonds is 8. The van der Waals surface area contributed by atoms with Gasteiger partial charge in [0.25, 0.3) is 5.91 Å². The Morgan fingerprint density at radius 2 is 1.52 bits per heavy atom. The van der Waals surface area contributed by atoms with E-state index >= 15 is 0 Å². The van der Waals surface area contributed by atoms with Crippen molar-refractivity contribution < 1.29 is 26.4 Å². The van der Waals surface area contributed by atoms with Crippen molar-refractivity contribution in [3.8, 4) is 0 Å². The summed E-state index contributed by atoms with van der Waals surface area (Å²) in [6.07, 6.45) is 0.510. The number of nitrogens with one attached hydrogen (secondary N) is 2. The number of ether oxygens (including phenoxy) is 1. The van der Waals surface area contributed by atoms with Crippen molar-refractivity contribution >= 4 is 37.3 Å². The number of anilines is 2. The summed E-state index contributed by atoms with van der Waals surface area (Å²) in [5.74, 6) is -0.377. The lowest BCUT2D eigenvalue weighted by atomic mass is 10.2. The summed E-state index contributed by atoms with van der Waals surface area (Å²) < 4.78 is 58.0. The molecule has 0 saturated carbocycles. The van der Waals surface area contributed by atoms with Gasteiger partial charge >= 0.3 is 0 Å². The van der Waals surface area contributed by atoms with E-state index in [0.29, 0.717) is 49.7 Å². The molecule has 9 nitrogen and oxygen atoms in total. The van der Waals surface area contributed by atoms with Gasteiger partial charge in [-0.1, -0.05) is 6.92 Å². The van der Waals surface area contributed by atoms with Gasteiger partial charge in [0.1, 0.15) is 0 Å². The fourth-order valence-corrected chi connectivity index (χ4v) is 5.58. The first-order valence-electron chi connectivity index (χ1n) is 9.81. The van der Waals surface area contributed by atoms with E-state index < -0.39 is 26.0 Å². The largest absolute Gasteiger partial charge is 0.379 e. The summed E-state index contributed by atoms with van der Waals surface area (Å²) in [5.41, 5.74) is 1.19. The third kappa shape index (κ3) is 6.03. The fourth-order valence-electron chi connectivity index (χ4n) is 3.04. The van der Waals surface area contributed by atoms with Crippen molar-refractivity contribution in [1.82, 2.24) is 4.31 Å². The molecule has 1 saturated heterocycles. The molecule has 11 heteroatoms. The van der Waals surface area contributed by atoms with Crippen LogP contribution in [0.1, 0.15) is 23.7 Å². The lowest BCUT2D eigenvalue weighted by Gasteiger charge is -2.26. The molecule has 0 aliphatic carbocycles. The summed E-state index contributed by atoms with van der Waals surface area (Å²) >= 11 is 0. The topological polar surface area (TPSA) is 122 Å². The predicted octanol–water partition coefficient (Wildman–Crippen LogP) is 2.11. The quantitative estimate of drug-likeness (QED) is 0.613. The first kappa shape index (κ1) is 23.2. The van der Waals surface area contributed by atoms with Crippen LogP contribution in [0, 0.1) is 0 Å². The number of carbonyl (C=O) groups excluding carboxylic acids is 1. The summed E-state index contributed by atoms with van der Waals surface area (Å²) in [7, 11) is -7.01. The van der Waals surface area contributed by atoms with Crippen molar-refractivity contribution in [3.63, 3.8) is 0 Å². The van der Waals surface area contributed by atoms with E-state index in [1.807, 2.05) is 0 Å². The molecule has 1 amide bonds. The Morgan fingerprint density at radius 3 is 2.10 bits per heavy atom. The zero-order valence-corrected chi connectivity index (χ0v) is 18.7. The third-order valence-electron chi connectivity index (χ3n) is 4.61. The third-order valence-corrected chi connectivity index (χ3v) is 8.02. The second-order valence-corrected chi connectivity index (χ2v) is 10.8. The smallest absolute Gasteiger partial charge is 0.255 e. The van der Waals surface area contributed by atoms with Crippen LogP contribution in [0.15, 0.2) is 53.4 Å². The maximum atomic E-state index is 12.7. The van der Waals surface area contributed by atoms with Crippen molar-refractivity contribution in [2.75, 3.05) is 42.1 Å². The molecule has 0 aromatic heterocycles. The SMILES string of the molecule is CCCS(=O)(=O)Nc1ccc(NC(=O)c2ccc(S(=O)(=O)N3CCOCC3)cc2)cc1. The number of hydrogen-bond acceptors (Lipinski definition) is 6. The minimum absolute atomic E-state index is 0.0305. The van der Waals surface area contributed by atoms with E-state index in [0.717, 1.165) is 0 Å². The summed E-state index contributed by atoms with van der Waals surface area (Å²) in [6, 6.07) is 12.0. The molecule has 1 heterocycles. The highest BCUT2D eigenvalue weighted by molar-refractivity contribution is 7.92. The maximum Gasteiger partial charge on any atom is 0.255 e. The summed E-state index contributed by atoms with van der Waals surface area (Å²) in [4.78, 5) is 12.6.